The van der Waals surface area contributed by atoms with Crippen molar-refractivity contribution < 1.29 is 13.9 Å². The molecule has 1 nitrogen and oxygen atoms in total. The number of hydrogen-bond donors (Lipinski definition) is 1. The van der Waals surface area contributed by atoms with Gasteiger partial charge in [0.15, 0.2) is 11.6 Å². The van der Waals surface area contributed by atoms with E-state index in [2.05, 4.69) is 0 Å². The number of phenols is 1. The Labute approximate surface area is 85.6 Å². The number of aromatic hydroxyl groups is 1. The highest BCUT2D eigenvalue weighted by Crippen LogP contribution is 2.25. The first-order valence-corrected chi connectivity index (χ1v) is 4.41. The summed E-state index contributed by atoms with van der Waals surface area (Å²) < 4.78 is 25.4. The molecule has 0 radical (unpaired) electrons. The second-order valence-corrected chi connectivity index (χ2v) is 3.17. The predicted octanol–water partition coefficient (Wildman–Crippen LogP) is 3.34. The van der Waals surface area contributed by atoms with Gasteiger partial charge < -0.3 is 5.11 Å². The van der Waals surface area contributed by atoms with Crippen LogP contribution in [0, 0.1) is 11.6 Å². The summed E-state index contributed by atoms with van der Waals surface area (Å²) in [5, 5.41) is 9.17. The molecular formula is C12H8F2O. The topological polar surface area (TPSA) is 20.2 Å². The quantitative estimate of drug-likeness (QED) is 0.758. The van der Waals surface area contributed by atoms with Crippen molar-refractivity contribution in [3.05, 3.63) is 54.1 Å². The Kier molecular flexibility index (Phi) is 2.37. The zero-order valence-electron chi connectivity index (χ0n) is 7.74. The summed E-state index contributed by atoms with van der Waals surface area (Å²) in [4.78, 5) is 0. The van der Waals surface area contributed by atoms with E-state index in [1.165, 1.54) is 30.3 Å². The lowest BCUT2D eigenvalue weighted by atomic mass is 10.1. The first-order chi connectivity index (χ1) is 7.16. The average molecular weight is 206 g/mol. The maximum atomic E-state index is 12.8. The lowest BCUT2D eigenvalue weighted by molar-refractivity contribution is 0.433. The van der Waals surface area contributed by atoms with Crippen LogP contribution >= 0.6 is 0 Å². The van der Waals surface area contributed by atoms with Gasteiger partial charge >= 0.3 is 0 Å². The highest BCUT2D eigenvalue weighted by Gasteiger charge is 2.03. The third-order valence-corrected chi connectivity index (χ3v) is 2.12. The molecule has 0 aromatic heterocycles. The number of benzene rings is 2. The van der Waals surface area contributed by atoms with E-state index >= 15 is 0 Å². The molecule has 0 atom stereocenters. The van der Waals surface area contributed by atoms with Gasteiger partial charge in [-0.2, -0.15) is 0 Å². The summed E-state index contributed by atoms with van der Waals surface area (Å²) in [5.74, 6) is -1.40. The predicted molar refractivity (Wildman–Crippen MR) is 53.5 cm³/mol. The number of phenolic OH excluding ortho intramolecular Hbond substituents is 1. The van der Waals surface area contributed by atoms with Crippen LogP contribution in [0.25, 0.3) is 11.1 Å². The van der Waals surface area contributed by atoms with Gasteiger partial charge in [0.05, 0.1) is 0 Å². The Bertz CT molecular complexity index is 477. The third kappa shape index (κ3) is 1.96. The monoisotopic (exact) mass is 206 g/mol. The molecule has 0 bridgehead atoms. The van der Waals surface area contributed by atoms with E-state index in [4.69, 9.17) is 5.11 Å². The van der Waals surface area contributed by atoms with Crippen LogP contribution in [0.3, 0.4) is 0 Å². The van der Waals surface area contributed by atoms with E-state index in [0.29, 0.717) is 5.56 Å². The molecule has 0 aliphatic carbocycles. The minimum Gasteiger partial charge on any atom is -0.505 e. The zero-order valence-corrected chi connectivity index (χ0v) is 7.74. The van der Waals surface area contributed by atoms with Gasteiger partial charge in [-0.05, 0) is 35.4 Å². The fraction of sp³-hybridized carbons (Fsp3) is 0. The molecule has 0 saturated heterocycles. The van der Waals surface area contributed by atoms with Crippen molar-refractivity contribution in [2.24, 2.45) is 0 Å². The summed E-state index contributed by atoms with van der Waals surface area (Å²) in [6.07, 6.45) is 0. The molecule has 15 heavy (non-hydrogen) atoms. The van der Waals surface area contributed by atoms with Crippen molar-refractivity contribution in [2.75, 3.05) is 0 Å². The fourth-order valence-electron chi connectivity index (χ4n) is 1.33. The van der Waals surface area contributed by atoms with E-state index in [1.54, 1.807) is 12.1 Å². The second-order valence-electron chi connectivity index (χ2n) is 3.17. The van der Waals surface area contributed by atoms with Crippen molar-refractivity contribution in [1.29, 1.82) is 0 Å². The average Bonchev–Trinajstić information content (AvgIpc) is 2.23. The molecule has 0 unspecified atom stereocenters. The van der Waals surface area contributed by atoms with Gasteiger partial charge in [0, 0.05) is 0 Å². The summed E-state index contributed by atoms with van der Waals surface area (Å²) >= 11 is 0. The third-order valence-electron chi connectivity index (χ3n) is 2.12. The smallest absolute Gasteiger partial charge is 0.164 e. The Morgan fingerprint density at radius 2 is 1.40 bits per heavy atom. The molecule has 0 saturated carbocycles. The van der Waals surface area contributed by atoms with Gasteiger partial charge in [0.25, 0.3) is 0 Å². The zero-order chi connectivity index (χ0) is 10.8. The number of hydrogen-bond acceptors (Lipinski definition) is 1. The minimum absolute atomic E-state index is 0.329. The van der Waals surface area contributed by atoms with Crippen LogP contribution in [0.4, 0.5) is 8.78 Å². The van der Waals surface area contributed by atoms with Gasteiger partial charge in [-0.25, -0.2) is 8.78 Å². The van der Waals surface area contributed by atoms with E-state index in [1.807, 2.05) is 0 Å². The molecule has 2 aromatic carbocycles. The molecule has 76 valence electrons. The first-order valence-electron chi connectivity index (χ1n) is 4.41. The molecule has 0 heterocycles. The molecule has 0 aliphatic heterocycles. The van der Waals surface area contributed by atoms with Crippen molar-refractivity contribution >= 4 is 0 Å². The second kappa shape index (κ2) is 3.69. The van der Waals surface area contributed by atoms with Crippen LogP contribution in [0.15, 0.2) is 42.5 Å². The lowest BCUT2D eigenvalue weighted by Crippen LogP contribution is -1.81. The van der Waals surface area contributed by atoms with Gasteiger partial charge in [-0.3, -0.25) is 0 Å². The Hall–Kier alpha value is -1.90. The highest BCUT2D eigenvalue weighted by molar-refractivity contribution is 5.64. The van der Waals surface area contributed by atoms with Crippen molar-refractivity contribution in [3.8, 4) is 16.9 Å². The number of halogens is 2. The summed E-state index contributed by atoms with van der Waals surface area (Å²) in [7, 11) is 0. The van der Waals surface area contributed by atoms with Gasteiger partial charge in [-0.1, -0.05) is 18.2 Å². The summed E-state index contributed by atoms with van der Waals surface area (Å²) in [6, 6.07) is 9.79. The highest BCUT2D eigenvalue weighted by atomic mass is 19.1. The molecule has 3 heteroatoms. The fourth-order valence-corrected chi connectivity index (χ4v) is 1.33. The van der Waals surface area contributed by atoms with Crippen molar-refractivity contribution in [3.63, 3.8) is 0 Å². The van der Waals surface area contributed by atoms with E-state index in [0.717, 1.165) is 5.56 Å². The standard InChI is InChI=1S/C12H8F2O/c13-10-4-1-8(2-5-10)9-3-6-11(14)12(15)7-9/h1-7,15H. The maximum Gasteiger partial charge on any atom is 0.164 e. The van der Waals surface area contributed by atoms with Gasteiger partial charge in [-0.15, -0.1) is 0 Å². The Morgan fingerprint density at radius 1 is 0.800 bits per heavy atom. The Morgan fingerprint density at radius 3 is 2.00 bits per heavy atom. The van der Waals surface area contributed by atoms with Crippen LogP contribution in [0.5, 0.6) is 5.75 Å². The summed E-state index contributed by atoms with van der Waals surface area (Å²) in [6.45, 7) is 0. The van der Waals surface area contributed by atoms with Crippen LogP contribution in [0.1, 0.15) is 0 Å². The van der Waals surface area contributed by atoms with Gasteiger partial charge in [0.2, 0.25) is 0 Å². The minimum atomic E-state index is -0.666. The van der Waals surface area contributed by atoms with E-state index < -0.39 is 11.6 Å². The molecule has 2 aromatic rings. The van der Waals surface area contributed by atoms with Crippen LogP contribution in [0.2, 0.25) is 0 Å². The van der Waals surface area contributed by atoms with E-state index in [-0.39, 0.29) is 5.82 Å². The molecular weight excluding hydrogens is 198 g/mol. The molecule has 2 rings (SSSR count). The normalized spacial score (nSPS) is 10.3. The first kappa shape index (κ1) is 9.65. The SMILES string of the molecule is Oc1cc(-c2ccc(F)cc2)ccc1F. The van der Waals surface area contributed by atoms with Crippen LogP contribution in [-0.4, -0.2) is 5.11 Å². The van der Waals surface area contributed by atoms with Gasteiger partial charge in [0.1, 0.15) is 5.82 Å². The van der Waals surface area contributed by atoms with Crippen molar-refractivity contribution in [1.82, 2.24) is 0 Å². The van der Waals surface area contributed by atoms with Crippen LogP contribution < -0.4 is 0 Å². The molecule has 0 spiro atoms. The maximum absolute atomic E-state index is 12.8. The lowest BCUT2D eigenvalue weighted by Gasteiger charge is -2.02. The van der Waals surface area contributed by atoms with E-state index in [9.17, 15) is 8.78 Å². The molecule has 0 amide bonds. The molecule has 0 aliphatic rings. The number of rotatable bonds is 1. The van der Waals surface area contributed by atoms with Crippen LogP contribution in [-0.2, 0) is 0 Å². The largest absolute Gasteiger partial charge is 0.505 e. The summed E-state index contributed by atoms with van der Waals surface area (Å²) in [5.41, 5.74) is 1.38. The molecule has 0 fully saturated rings. The molecule has 1 N–H and O–H groups in total. The van der Waals surface area contributed by atoms with Crippen molar-refractivity contribution in [2.45, 2.75) is 0 Å². The Balaban J connectivity index is 2.45.